The first-order chi connectivity index (χ1) is 16.2. The molecule has 1 N–H and O–H groups in total. The van der Waals surface area contributed by atoms with E-state index in [4.69, 9.17) is 9.15 Å². The van der Waals surface area contributed by atoms with E-state index in [1.54, 1.807) is 49.4 Å². The molecule has 3 aromatic rings. The predicted molar refractivity (Wildman–Crippen MR) is 125 cm³/mol. The van der Waals surface area contributed by atoms with Crippen molar-refractivity contribution in [3.63, 3.8) is 0 Å². The van der Waals surface area contributed by atoms with Crippen LogP contribution < -0.4 is 10.2 Å². The summed E-state index contributed by atoms with van der Waals surface area (Å²) < 4.78 is 10.7. The lowest BCUT2D eigenvalue weighted by Crippen LogP contribution is -2.54. The van der Waals surface area contributed by atoms with Crippen LogP contribution in [0.1, 0.15) is 32.8 Å². The summed E-state index contributed by atoms with van der Waals surface area (Å²) in [6.07, 6.45) is 1.29. The molecule has 8 nitrogen and oxygen atoms in total. The van der Waals surface area contributed by atoms with E-state index < -0.39 is 23.8 Å². The summed E-state index contributed by atoms with van der Waals surface area (Å²) in [5, 5.41) is 2.21. The Labute approximate surface area is 195 Å². The Morgan fingerprint density at radius 1 is 1.00 bits per heavy atom. The number of imide groups is 2. The van der Waals surface area contributed by atoms with Gasteiger partial charge in [-0.15, -0.1) is 0 Å². The summed E-state index contributed by atoms with van der Waals surface area (Å²) in [5.41, 5.74) is 3.62. The molecule has 1 saturated heterocycles. The van der Waals surface area contributed by atoms with E-state index in [2.05, 4.69) is 5.32 Å². The van der Waals surface area contributed by atoms with E-state index in [0.29, 0.717) is 28.1 Å². The van der Waals surface area contributed by atoms with Gasteiger partial charge >= 0.3 is 12.0 Å². The van der Waals surface area contributed by atoms with Crippen LogP contribution in [0.2, 0.25) is 0 Å². The first kappa shape index (κ1) is 22.7. The van der Waals surface area contributed by atoms with E-state index in [-0.39, 0.29) is 11.3 Å². The molecule has 2 aromatic carbocycles. The molecule has 1 aromatic heterocycles. The zero-order valence-electron chi connectivity index (χ0n) is 19.1. The number of esters is 1. The third-order valence-corrected chi connectivity index (χ3v) is 5.48. The Bertz CT molecular complexity index is 1360. The van der Waals surface area contributed by atoms with Crippen LogP contribution in [0, 0.1) is 20.8 Å². The fraction of sp³-hybridized carbons (Fsp3) is 0.154. The Hall–Kier alpha value is -4.46. The number of carbonyl (C=O) groups is 4. The third kappa shape index (κ3) is 4.13. The van der Waals surface area contributed by atoms with Gasteiger partial charge in [-0.1, -0.05) is 18.2 Å². The molecule has 34 heavy (non-hydrogen) atoms. The molecule has 4 amide bonds. The Morgan fingerprint density at radius 3 is 2.38 bits per heavy atom. The minimum atomic E-state index is -0.812. The first-order valence-electron chi connectivity index (χ1n) is 10.5. The number of hydrogen-bond acceptors (Lipinski definition) is 6. The monoisotopic (exact) mass is 458 g/mol. The maximum Gasteiger partial charge on any atom is 0.338 e. The van der Waals surface area contributed by atoms with Gasteiger partial charge in [0, 0.05) is 5.56 Å². The van der Waals surface area contributed by atoms with E-state index in [1.807, 2.05) is 19.9 Å². The number of benzene rings is 2. The largest absolute Gasteiger partial charge is 0.465 e. The van der Waals surface area contributed by atoms with Crippen molar-refractivity contribution in [2.75, 3.05) is 12.0 Å². The number of amides is 4. The molecule has 0 radical (unpaired) electrons. The van der Waals surface area contributed by atoms with Crippen molar-refractivity contribution in [1.29, 1.82) is 0 Å². The van der Waals surface area contributed by atoms with Crippen molar-refractivity contribution >= 4 is 35.6 Å². The highest BCUT2D eigenvalue weighted by Gasteiger charge is 2.37. The zero-order chi connectivity index (χ0) is 24.6. The number of aryl methyl sites for hydroxylation is 2. The lowest BCUT2D eigenvalue weighted by atomic mass is 10.0. The van der Waals surface area contributed by atoms with E-state index in [9.17, 15) is 19.2 Å². The minimum absolute atomic E-state index is 0.236. The number of barbiturate groups is 1. The molecule has 8 heteroatoms. The van der Waals surface area contributed by atoms with Gasteiger partial charge in [0.1, 0.15) is 17.1 Å². The summed E-state index contributed by atoms with van der Waals surface area (Å²) in [4.78, 5) is 51.0. The lowest BCUT2D eigenvalue weighted by Gasteiger charge is -2.26. The first-order valence-corrected chi connectivity index (χ1v) is 10.5. The number of carbonyl (C=O) groups excluding carboxylic acids is 4. The van der Waals surface area contributed by atoms with Crippen molar-refractivity contribution in [3.05, 3.63) is 82.1 Å². The van der Waals surface area contributed by atoms with Gasteiger partial charge in [-0.2, -0.15) is 0 Å². The van der Waals surface area contributed by atoms with Crippen LogP contribution in [-0.2, 0) is 14.3 Å². The van der Waals surface area contributed by atoms with E-state index >= 15 is 0 Å². The van der Waals surface area contributed by atoms with Crippen LogP contribution in [0.3, 0.4) is 0 Å². The van der Waals surface area contributed by atoms with Crippen molar-refractivity contribution in [2.45, 2.75) is 20.8 Å². The van der Waals surface area contributed by atoms with Gasteiger partial charge in [-0.25, -0.2) is 14.5 Å². The predicted octanol–water partition coefficient (Wildman–Crippen LogP) is 4.32. The molecule has 0 spiro atoms. The highest BCUT2D eigenvalue weighted by molar-refractivity contribution is 6.39. The molecule has 172 valence electrons. The normalized spacial score (nSPS) is 15.0. The number of anilines is 1. The standard InChI is InChI=1S/C26H22N2O6/c1-14-10-15(2)12-17(11-14)28-24(30)21(23(29)27-26(28)32)13-18-8-9-22(34-18)19-6-5-7-20(16(19)3)25(31)33-4/h5-13H,1-4H3,(H,27,29,32)/b21-13+. The van der Waals surface area contributed by atoms with E-state index in [1.165, 1.54) is 13.2 Å². The van der Waals surface area contributed by atoms with Crippen molar-refractivity contribution in [3.8, 4) is 11.3 Å². The molecule has 1 fully saturated rings. The fourth-order valence-corrected chi connectivity index (χ4v) is 3.92. The molecule has 0 aliphatic carbocycles. The number of hydrogen-bond donors (Lipinski definition) is 1. The van der Waals surface area contributed by atoms with Crippen LogP contribution in [0.15, 0.2) is 58.5 Å². The van der Waals surface area contributed by atoms with Crippen molar-refractivity contribution < 1.29 is 28.3 Å². The summed E-state index contributed by atoms with van der Waals surface area (Å²) in [6, 6.07) is 12.9. The summed E-state index contributed by atoms with van der Waals surface area (Å²) in [7, 11) is 1.31. The molecule has 0 bridgehead atoms. The average Bonchev–Trinajstić information content (AvgIpc) is 3.24. The van der Waals surface area contributed by atoms with Gasteiger partial charge in [-0.3, -0.25) is 14.9 Å². The molecule has 0 atom stereocenters. The van der Waals surface area contributed by atoms with Crippen LogP contribution >= 0.6 is 0 Å². The highest BCUT2D eigenvalue weighted by atomic mass is 16.5. The maximum atomic E-state index is 13.1. The number of nitrogens with zero attached hydrogens (tertiary/aromatic N) is 1. The van der Waals surface area contributed by atoms with Gasteiger partial charge in [0.25, 0.3) is 11.8 Å². The number of rotatable bonds is 4. The molecule has 1 aliphatic rings. The van der Waals surface area contributed by atoms with Gasteiger partial charge in [0.15, 0.2) is 0 Å². The minimum Gasteiger partial charge on any atom is -0.465 e. The number of methoxy groups -OCH3 is 1. The summed E-state index contributed by atoms with van der Waals surface area (Å²) in [6.45, 7) is 5.48. The van der Waals surface area contributed by atoms with Gasteiger partial charge in [0.05, 0.1) is 18.4 Å². The molecule has 0 unspecified atom stereocenters. The second-order valence-corrected chi connectivity index (χ2v) is 7.98. The Morgan fingerprint density at radius 2 is 1.71 bits per heavy atom. The molecule has 4 rings (SSSR count). The van der Waals surface area contributed by atoms with Crippen LogP contribution in [-0.4, -0.2) is 30.9 Å². The summed E-state index contributed by atoms with van der Waals surface area (Å²) in [5.74, 6) is -1.33. The Balaban J connectivity index is 1.70. The smallest absolute Gasteiger partial charge is 0.338 e. The molecule has 1 aliphatic heterocycles. The molecular formula is C26H22N2O6. The number of furan rings is 1. The molecular weight excluding hydrogens is 436 g/mol. The topological polar surface area (TPSA) is 106 Å². The van der Waals surface area contributed by atoms with Gasteiger partial charge in [-0.05, 0) is 73.9 Å². The SMILES string of the molecule is COC(=O)c1cccc(-c2ccc(/C=C3\C(=O)NC(=O)N(c4cc(C)cc(C)c4)C3=O)o2)c1C. The highest BCUT2D eigenvalue weighted by Crippen LogP contribution is 2.30. The lowest BCUT2D eigenvalue weighted by molar-refractivity contribution is -0.122. The Kier molecular flexibility index (Phi) is 5.89. The average molecular weight is 458 g/mol. The second-order valence-electron chi connectivity index (χ2n) is 7.98. The summed E-state index contributed by atoms with van der Waals surface area (Å²) >= 11 is 0. The van der Waals surface area contributed by atoms with Gasteiger partial charge in [0.2, 0.25) is 0 Å². The second kappa shape index (κ2) is 8.82. The molecule has 2 heterocycles. The number of nitrogens with one attached hydrogen (secondary N) is 1. The van der Waals surface area contributed by atoms with Crippen molar-refractivity contribution in [1.82, 2.24) is 5.32 Å². The fourth-order valence-electron chi connectivity index (χ4n) is 3.92. The number of urea groups is 1. The van der Waals surface area contributed by atoms with Crippen LogP contribution in [0.25, 0.3) is 17.4 Å². The van der Waals surface area contributed by atoms with Crippen LogP contribution in [0.5, 0.6) is 0 Å². The van der Waals surface area contributed by atoms with Crippen molar-refractivity contribution in [2.24, 2.45) is 0 Å². The maximum absolute atomic E-state index is 13.1. The quantitative estimate of drug-likeness (QED) is 0.355. The molecule has 0 saturated carbocycles. The van der Waals surface area contributed by atoms with Crippen LogP contribution in [0.4, 0.5) is 10.5 Å². The zero-order valence-corrected chi connectivity index (χ0v) is 19.1. The van der Waals surface area contributed by atoms with E-state index in [0.717, 1.165) is 16.0 Å². The third-order valence-electron chi connectivity index (χ3n) is 5.48. The number of ether oxygens (including phenoxy) is 1. The van der Waals surface area contributed by atoms with Gasteiger partial charge < -0.3 is 9.15 Å².